The normalized spacial score (nSPS) is 44.8. The first-order valence-electron chi connectivity index (χ1n) is 11.1. The zero-order valence-electron chi connectivity index (χ0n) is 17.9. The molecule has 5 nitrogen and oxygen atoms in total. The fourth-order valence-corrected chi connectivity index (χ4v) is 6.93. The second kappa shape index (κ2) is 6.65. The molecular weight excluding hydrogens is 352 g/mol. The van der Waals surface area contributed by atoms with Crippen LogP contribution in [0.2, 0.25) is 0 Å². The van der Waals surface area contributed by atoms with E-state index in [1.807, 2.05) is 13.8 Å². The van der Waals surface area contributed by atoms with Gasteiger partial charge in [0, 0.05) is 30.7 Å². The Morgan fingerprint density at radius 2 is 1.86 bits per heavy atom. The molecule has 4 rings (SSSR count). The Morgan fingerprint density at radius 3 is 2.57 bits per heavy atom. The minimum Gasteiger partial charge on any atom is -0.389 e. The summed E-state index contributed by atoms with van der Waals surface area (Å²) in [6, 6.07) is 0. The summed E-state index contributed by atoms with van der Waals surface area (Å²) in [5.41, 5.74) is 6.13. The second-order valence-electron chi connectivity index (χ2n) is 10.9. The largest absolute Gasteiger partial charge is 0.389 e. The van der Waals surface area contributed by atoms with Gasteiger partial charge in [0.2, 0.25) is 0 Å². The van der Waals surface area contributed by atoms with E-state index in [2.05, 4.69) is 19.0 Å². The third-order valence-electron chi connectivity index (χ3n) is 8.92. The van der Waals surface area contributed by atoms with Gasteiger partial charge in [0.05, 0.1) is 5.71 Å². The van der Waals surface area contributed by atoms with Gasteiger partial charge in [0.25, 0.3) is 0 Å². The van der Waals surface area contributed by atoms with Gasteiger partial charge < -0.3 is 10.6 Å². The lowest BCUT2D eigenvalue weighted by Crippen LogP contribution is -2.56. The molecule has 0 unspecified atom stereocenters. The summed E-state index contributed by atoms with van der Waals surface area (Å²) in [6.07, 6.45) is 7.05. The Bertz CT molecular complexity index is 715. The minimum absolute atomic E-state index is 0.0371. The Labute approximate surface area is 168 Å². The van der Waals surface area contributed by atoms with Crippen LogP contribution in [-0.2, 0) is 14.4 Å². The third kappa shape index (κ3) is 2.96. The molecule has 4 aliphatic rings. The van der Waals surface area contributed by atoms with Crippen LogP contribution in [0.3, 0.4) is 0 Å². The lowest BCUT2D eigenvalue weighted by atomic mass is 9.45. The number of Topliss-reactive ketones (excluding diaryl/α,β-unsaturated/α-hetero) is 2. The number of hydrogen-bond donors (Lipinski definition) is 1. The van der Waals surface area contributed by atoms with Gasteiger partial charge in [-0.15, -0.1) is 0 Å². The van der Waals surface area contributed by atoms with E-state index in [9.17, 15) is 9.59 Å². The summed E-state index contributed by atoms with van der Waals surface area (Å²) in [5, 5.41) is 4.40. The van der Waals surface area contributed by atoms with Crippen molar-refractivity contribution < 1.29 is 14.4 Å². The van der Waals surface area contributed by atoms with Crippen molar-refractivity contribution in [2.24, 2.45) is 45.4 Å². The molecule has 0 aromatic rings. The van der Waals surface area contributed by atoms with Crippen molar-refractivity contribution in [1.29, 1.82) is 0 Å². The van der Waals surface area contributed by atoms with Crippen molar-refractivity contribution >= 4 is 17.3 Å². The highest BCUT2D eigenvalue weighted by Gasteiger charge is 2.62. The minimum atomic E-state index is -0.474. The first-order valence-corrected chi connectivity index (χ1v) is 11.1. The average molecular weight is 389 g/mol. The maximum absolute atomic E-state index is 13.3. The van der Waals surface area contributed by atoms with Gasteiger partial charge >= 0.3 is 0 Å². The number of fused-ring (bicyclic) bond motifs is 5. The predicted octanol–water partition coefficient (Wildman–Crippen LogP) is 3.89. The maximum Gasteiger partial charge on any atom is 0.144 e. The quantitative estimate of drug-likeness (QED) is 0.744. The third-order valence-corrected chi connectivity index (χ3v) is 8.92. The van der Waals surface area contributed by atoms with E-state index >= 15 is 0 Å². The Kier molecular flexibility index (Phi) is 4.76. The van der Waals surface area contributed by atoms with Crippen molar-refractivity contribution in [3.8, 4) is 0 Å². The molecule has 0 aliphatic heterocycles. The SMILES string of the molecule is CC(C)(CN)O/N=C1/CC[C@@]2(C)[C@H](C1)C(=O)C[C@@H]1[C@@H]2CC[C@]2(C)C(=O)CC[C@@H]12. The Morgan fingerprint density at radius 1 is 1.11 bits per heavy atom. The van der Waals surface area contributed by atoms with Crippen LogP contribution in [0.5, 0.6) is 0 Å². The standard InChI is InChI=1S/C23H36N2O3/c1-21(2,13-24)28-25-14-7-9-22(3)17-8-10-23(4)16(5-6-20(23)27)15(17)12-19(26)18(22)11-14/h15-18H,5-13,24H2,1-4H3/b25-14-/t15-,16-,17-,18+,22+,23-/m0/s1. The van der Waals surface area contributed by atoms with Crippen LogP contribution in [0.15, 0.2) is 5.16 Å². The van der Waals surface area contributed by atoms with Crippen LogP contribution < -0.4 is 5.73 Å². The van der Waals surface area contributed by atoms with Crippen LogP contribution in [0, 0.1) is 34.5 Å². The number of rotatable bonds is 3. The first kappa shape index (κ1) is 20.1. The molecule has 5 heteroatoms. The second-order valence-corrected chi connectivity index (χ2v) is 10.9. The topological polar surface area (TPSA) is 81.8 Å². The van der Waals surface area contributed by atoms with Gasteiger partial charge in [0.15, 0.2) is 0 Å². The summed E-state index contributed by atoms with van der Waals surface area (Å²) >= 11 is 0. The summed E-state index contributed by atoms with van der Waals surface area (Å²) < 4.78 is 0. The van der Waals surface area contributed by atoms with Crippen molar-refractivity contribution in [3.63, 3.8) is 0 Å². The van der Waals surface area contributed by atoms with E-state index < -0.39 is 5.60 Å². The molecule has 0 heterocycles. The lowest BCUT2D eigenvalue weighted by molar-refractivity contribution is -0.152. The Hall–Kier alpha value is -1.23. The van der Waals surface area contributed by atoms with Crippen LogP contribution in [0.25, 0.3) is 0 Å². The molecule has 0 aromatic carbocycles. The van der Waals surface area contributed by atoms with E-state index in [0.29, 0.717) is 48.7 Å². The lowest BCUT2D eigenvalue weighted by Gasteiger charge is -2.58. The maximum atomic E-state index is 13.3. The zero-order chi connectivity index (χ0) is 20.3. The van der Waals surface area contributed by atoms with Gasteiger partial charge in [-0.3, -0.25) is 9.59 Å². The molecule has 0 bridgehead atoms. The molecule has 2 N–H and O–H groups in total. The smallest absolute Gasteiger partial charge is 0.144 e. The van der Waals surface area contributed by atoms with Gasteiger partial charge in [-0.05, 0) is 75.5 Å². The molecular formula is C23H36N2O3. The number of nitrogens with zero attached hydrogens (tertiary/aromatic N) is 1. The van der Waals surface area contributed by atoms with Crippen molar-refractivity contribution in [2.75, 3.05) is 6.54 Å². The molecule has 6 atom stereocenters. The summed E-state index contributed by atoms with van der Waals surface area (Å²) in [7, 11) is 0. The molecule has 4 saturated carbocycles. The van der Waals surface area contributed by atoms with E-state index in [1.54, 1.807) is 0 Å². The number of ketones is 2. The van der Waals surface area contributed by atoms with Crippen molar-refractivity contribution in [3.05, 3.63) is 0 Å². The molecule has 4 fully saturated rings. The number of carbonyl (C=O) groups is 2. The van der Waals surface area contributed by atoms with Crippen LogP contribution in [0.4, 0.5) is 0 Å². The summed E-state index contributed by atoms with van der Waals surface area (Å²) in [4.78, 5) is 31.5. The van der Waals surface area contributed by atoms with E-state index in [4.69, 9.17) is 10.6 Å². The molecule has 0 aromatic heterocycles. The fourth-order valence-electron chi connectivity index (χ4n) is 6.93. The van der Waals surface area contributed by atoms with E-state index in [0.717, 1.165) is 44.2 Å². The van der Waals surface area contributed by atoms with Crippen LogP contribution in [-0.4, -0.2) is 29.4 Å². The highest BCUT2D eigenvalue weighted by molar-refractivity contribution is 5.93. The predicted molar refractivity (Wildman–Crippen MR) is 109 cm³/mol. The van der Waals surface area contributed by atoms with Gasteiger partial charge in [-0.1, -0.05) is 19.0 Å². The van der Waals surface area contributed by atoms with Crippen molar-refractivity contribution in [2.45, 2.75) is 84.7 Å². The zero-order valence-corrected chi connectivity index (χ0v) is 17.9. The molecule has 0 radical (unpaired) electrons. The number of hydrogen-bond acceptors (Lipinski definition) is 5. The molecule has 4 aliphatic carbocycles. The fraction of sp³-hybridized carbons (Fsp3) is 0.870. The van der Waals surface area contributed by atoms with Crippen molar-refractivity contribution in [1.82, 2.24) is 0 Å². The summed E-state index contributed by atoms with van der Waals surface area (Å²) in [6.45, 7) is 8.79. The number of oxime groups is 1. The van der Waals surface area contributed by atoms with Gasteiger partial charge in [-0.2, -0.15) is 0 Å². The first-order chi connectivity index (χ1) is 13.1. The van der Waals surface area contributed by atoms with Gasteiger partial charge in [-0.25, -0.2) is 0 Å². The molecule has 156 valence electrons. The molecule has 0 saturated heterocycles. The number of nitrogens with two attached hydrogens (primary N) is 1. The molecule has 0 amide bonds. The summed E-state index contributed by atoms with van der Waals surface area (Å²) in [5.74, 6) is 2.23. The monoisotopic (exact) mass is 388 g/mol. The highest BCUT2D eigenvalue weighted by atomic mass is 16.6. The van der Waals surface area contributed by atoms with Crippen LogP contribution in [0.1, 0.15) is 79.1 Å². The van der Waals surface area contributed by atoms with E-state index in [-0.39, 0.29) is 16.7 Å². The van der Waals surface area contributed by atoms with Crippen LogP contribution >= 0.6 is 0 Å². The van der Waals surface area contributed by atoms with E-state index in [1.165, 1.54) is 0 Å². The highest BCUT2D eigenvalue weighted by Crippen LogP contribution is 2.64. The number of carbonyl (C=O) groups excluding carboxylic acids is 2. The Balaban J connectivity index is 1.55. The molecule has 0 spiro atoms. The average Bonchev–Trinajstić information content (AvgIpc) is 2.96. The van der Waals surface area contributed by atoms with Gasteiger partial charge in [0.1, 0.15) is 17.2 Å². The molecule has 28 heavy (non-hydrogen) atoms.